The van der Waals surface area contributed by atoms with E-state index >= 15 is 0 Å². The smallest absolute Gasteiger partial charge is 0.433 e. The molecule has 1 atom stereocenters. The number of fused-ring (bicyclic) bond motifs is 1. The van der Waals surface area contributed by atoms with E-state index in [1.807, 2.05) is 38.1 Å². The van der Waals surface area contributed by atoms with Crippen LogP contribution in [-0.4, -0.2) is 46.8 Å². The maximum Gasteiger partial charge on any atom is 0.433 e. The van der Waals surface area contributed by atoms with E-state index in [0.29, 0.717) is 28.9 Å². The Morgan fingerprint density at radius 1 is 1.10 bits per heavy atom. The first-order valence-electron chi connectivity index (χ1n) is 12.3. The van der Waals surface area contributed by atoms with E-state index in [0.717, 1.165) is 35.6 Å². The van der Waals surface area contributed by atoms with Crippen molar-refractivity contribution >= 4 is 28.5 Å². The van der Waals surface area contributed by atoms with Crippen LogP contribution in [-0.2, 0) is 15.8 Å². The Morgan fingerprint density at radius 2 is 1.74 bits per heavy atom. The van der Waals surface area contributed by atoms with Crippen molar-refractivity contribution in [3.8, 4) is 16.9 Å². The zero-order valence-corrected chi connectivity index (χ0v) is 22.4. The minimum Gasteiger partial charge on any atom is -0.496 e. The maximum atomic E-state index is 13.6. The highest BCUT2D eigenvalue weighted by atomic mass is 19.4. The molecular formula is C28H34F3N3O5. The lowest BCUT2D eigenvalue weighted by atomic mass is 9.94. The highest BCUT2D eigenvalue weighted by Crippen LogP contribution is 2.44. The van der Waals surface area contributed by atoms with Gasteiger partial charge >= 0.3 is 18.1 Å². The van der Waals surface area contributed by atoms with Gasteiger partial charge in [0.25, 0.3) is 0 Å². The van der Waals surface area contributed by atoms with Gasteiger partial charge in [0, 0.05) is 23.1 Å². The molecule has 5 N–H and O–H groups in total. The summed E-state index contributed by atoms with van der Waals surface area (Å²) in [4.78, 5) is 23.3. The minimum atomic E-state index is -4.54. The highest BCUT2D eigenvalue weighted by molar-refractivity contribution is 6.06. The number of alkyl halides is 3. The standard InChI is InChI=1S/C24H28F3N3O.C4H6O4/c1-14-7-5-9-17(11-14)22-19(31-4)13-18(29-16(3)8-6-10-28)23-21(22)15(2)12-20(30-23)24(25,26)27;5-3(6)1-2-4(7)8/h5,7,9,11-13,16,29H,6,8,10,28H2,1-4H3;1-2H2,(H,5,6)(H,7,8). The molecule has 1 aromatic heterocycles. The van der Waals surface area contributed by atoms with Gasteiger partial charge in [-0.25, -0.2) is 4.98 Å². The number of anilines is 1. The molecule has 1 unspecified atom stereocenters. The number of nitrogens with one attached hydrogen (secondary N) is 1. The molecule has 0 saturated heterocycles. The fraction of sp³-hybridized carbons (Fsp3) is 0.393. The number of benzene rings is 2. The number of rotatable bonds is 10. The number of nitrogens with zero attached hydrogens (tertiary/aromatic N) is 1. The summed E-state index contributed by atoms with van der Waals surface area (Å²) in [5, 5.41) is 19.8. The molecule has 0 aliphatic carbocycles. The molecule has 8 nitrogen and oxygen atoms in total. The topological polar surface area (TPSA) is 135 Å². The number of carboxylic acid groups (broad SMARTS) is 2. The Morgan fingerprint density at radius 3 is 2.26 bits per heavy atom. The number of halogens is 3. The lowest BCUT2D eigenvalue weighted by Gasteiger charge is -2.22. The second kappa shape index (κ2) is 13.8. The van der Waals surface area contributed by atoms with E-state index in [9.17, 15) is 22.8 Å². The van der Waals surface area contributed by atoms with Gasteiger partial charge < -0.3 is 26.0 Å². The number of nitrogens with two attached hydrogens (primary N) is 1. The van der Waals surface area contributed by atoms with E-state index in [1.54, 1.807) is 20.1 Å². The summed E-state index contributed by atoms with van der Waals surface area (Å²) in [6.45, 7) is 6.18. The van der Waals surface area contributed by atoms with Crippen molar-refractivity contribution in [3.05, 3.63) is 53.2 Å². The summed E-state index contributed by atoms with van der Waals surface area (Å²) in [6.07, 6.45) is -3.53. The molecule has 0 fully saturated rings. The third kappa shape index (κ3) is 8.85. The van der Waals surface area contributed by atoms with E-state index in [2.05, 4.69) is 10.3 Å². The van der Waals surface area contributed by atoms with Crippen LogP contribution in [0.5, 0.6) is 5.75 Å². The Balaban J connectivity index is 0.000000580. The summed E-state index contributed by atoms with van der Waals surface area (Å²) >= 11 is 0. The molecule has 0 amide bonds. The third-order valence-corrected chi connectivity index (χ3v) is 5.86. The zero-order chi connectivity index (χ0) is 29.3. The van der Waals surface area contributed by atoms with Crippen LogP contribution >= 0.6 is 0 Å². The van der Waals surface area contributed by atoms with Crippen LogP contribution < -0.4 is 15.8 Å². The molecule has 11 heteroatoms. The Hall–Kier alpha value is -3.86. The molecule has 3 rings (SSSR count). The molecule has 0 bridgehead atoms. The van der Waals surface area contributed by atoms with Crippen molar-refractivity contribution < 1.29 is 37.7 Å². The number of hydrogen-bond acceptors (Lipinski definition) is 6. The quantitative estimate of drug-likeness (QED) is 0.241. The van der Waals surface area contributed by atoms with Gasteiger partial charge in [-0.2, -0.15) is 13.2 Å². The van der Waals surface area contributed by atoms with Crippen molar-refractivity contribution in [3.63, 3.8) is 0 Å². The van der Waals surface area contributed by atoms with Gasteiger partial charge in [-0.15, -0.1) is 0 Å². The minimum absolute atomic E-state index is 0.0120. The predicted molar refractivity (Wildman–Crippen MR) is 144 cm³/mol. The Bertz CT molecular complexity index is 1300. The molecular weight excluding hydrogens is 515 g/mol. The third-order valence-electron chi connectivity index (χ3n) is 5.86. The molecule has 1 heterocycles. The van der Waals surface area contributed by atoms with E-state index in [4.69, 9.17) is 20.7 Å². The summed E-state index contributed by atoms with van der Waals surface area (Å²) < 4.78 is 46.4. The number of hydrogen-bond donors (Lipinski definition) is 4. The number of ether oxygens (including phenoxy) is 1. The van der Waals surface area contributed by atoms with Crippen molar-refractivity contribution in [2.75, 3.05) is 19.0 Å². The van der Waals surface area contributed by atoms with Crippen molar-refractivity contribution in [1.29, 1.82) is 0 Å². The number of methoxy groups -OCH3 is 1. The lowest BCUT2D eigenvalue weighted by Crippen LogP contribution is -2.18. The summed E-state index contributed by atoms with van der Waals surface area (Å²) in [5.41, 5.74) is 8.64. The summed E-state index contributed by atoms with van der Waals surface area (Å²) in [6, 6.07) is 10.7. The molecule has 0 aliphatic heterocycles. The van der Waals surface area contributed by atoms with Crippen molar-refractivity contribution in [2.24, 2.45) is 5.73 Å². The van der Waals surface area contributed by atoms with Crippen LogP contribution in [0.25, 0.3) is 22.0 Å². The van der Waals surface area contributed by atoms with Crippen LogP contribution in [0.3, 0.4) is 0 Å². The maximum absolute atomic E-state index is 13.6. The van der Waals surface area contributed by atoms with E-state index in [-0.39, 0.29) is 24.4 Å². The van der Waals surface area contributed by atoms with Crippen molar-refractivity contribution in [1.82, 2.24) is 4.98 Å². The van der Waals surface area contributed by atoms with Crippen LogP contribution in [0.1, 0.15) is 49.4 Å². The predicted octanol–water partition coefficient (Wildman–Crippen LogP) is 6.02. The molecule has 3 aromatic rings. The number of aliphatic carboxylic acids is 2. The number of aryl methyl sites for hydroxylation is 2. The van der Waals surface area contributed by atoms with Gasteiger partial charge in [-0.3, -0.25) is 9.59 Å². The number of aromatic nitrogens is 1. The molecule has 0 aliphatic rings. The van der Waals surface area contributed by atoms with E-state index < -0.39 is 23.8 Å². The monoisotopic (exact) mass is 549 g/mol. The molecule has 212 valence electrons. The normalized spacial score (nSPS) is 11.9. The van der Waals surface area contributed by atoms with Crippen LogP contribution in [0.15, 0.2) is 36.4 Å². The number of carbonyl (C=O) groups is 2. The van der Waals surface area contributed by atoms with E-state index in [1.165, 1.54) is 0 Å². The Kier molecular flexibility index (Phi) is 11.1. The lowest BCUT2D eigenvalue weighted by molar-refractivity contribution is -0.143. The molecule has 0 saturated carbocycles. The van der Waals surface area contributed by atoms with Gasteiger partial charge in [-0.1, -0.05) is 29.8 Å². The van der Waals surface area contributed by atoms with Crippen LogP contribution in [0.2, 0.25) is 0 Å². The molecule has 0 radical (unpaired) electrons. The largest absolute Gasteiger partial charge is 0.496 e. The summed E-state index contributed by atoms with van der Waals surface area (Å²) in [7, 11) is 1.56. The first-order valence-corrected chi connectivity index (χ1v) is 12.3. The second-order valence-electron chi connectivity index (χ2n) is 9.18. The molecule has 2 aromatic carbocycles. The number of pyridine rings is 1. The van der Waals surface area contributed by atoms with Gasteiger partial charge in [0.15, 0.2) is 0 Å². The fourth-order valence-electron chi connectivity index (χ4n) is 4.06. The summed E-state index contributed by atoms with van der Waals surface area (Å²) in [5.74, 6) is -1.57. The second-order valence-corrected chi connectivity index (χ2v) is 9.18. The average molecular weight is 550 g/mol. The first kappa shape index (κ1) is 31.4. The molecule has 39 heavy (non-hydrogen) atoms. The van der Waals surface area contributed by atoms with Crippen molar-refractivity contribution in [2.45, 2.75) is 58.7 Å². The van der Waals surface area contributed by atoms with Crippen LogP contribution in [0.4, 0.5) is 18.9 Å². The fourth-order valence-corrected chi connectivity index (χ4v) is 4.06. The van der Waals surface area contributed by atoms with Gasteiger partial charge in [0.05, 0.1) is 31.2 Å². The average Bonchev–Trinajstić information content (AvgIpc) is 2.85. The van der Waals surface area contributed by atoms with Crippen LogP contribution in [0, 0.1) is 13.8 Å². The SMILES string of the molecule is COc1cc(NC(C)CCCN)c2nc(C(F)(F)F)cc(C)c2c1-c1cccc(C)c1.O=C(O)CCC(=O)O. The van der Waals surface area contributed by atoms with Gasteiger partial charge in [0.1, 0.15) is 11.4 Å². The first-order chi connectivity index (χ1) is 18.3. The number of carboxylic acids is 2. The zero-order valence-electron chi connectivity index (χ0n) is 22.4. The van der Waals surface area contributed by atoms with Gasteiger partial charge in [-0.05, 0) is 57.4 Å². The Labute approximate surface area is 225 Å². The van der Waals surface area contributed by atoms with Gasteiger partial charge in [0.2, 0.25) is 0 Å². The highest BCUT2D eigenvalue weighted by Gasteiger charge is 2.34. The molecule has 0 spiro atoms.